The number of piperidine rings is 1. The van der Waals surface area contributed by atoms with Crippen LogP contribution in [0.1, 0.15) is 12.0 Å². The Morgan fingerprint density at radius 1 is 1.21 bits per heavy atom. The number of aliphatic hydroxyl groups is 1. The van der Waals surface area contributed by atoms with Gasteiger partial charge in [-0.2, -0.15) is 0 Å². The number of β-amino-alcohol motifs (C(OH)–C–C–N with tert-alkyl or cyclic N) is 1. The largest absolute Gasteiger partial charge is 0.497 e. The lowest BCUT2D eigenvalue weighted by Gasteiger charge is -2.42. The summed E-state index contributed by atoms with van der Waals surface area (Å²) in [4.78, 5) is 26.0. The van der Waals surface area contributed by atoms with Crippen LogP contribution < -0.4 is 10.1 Å². The number of methoxy groups -OCH3 is 1. The van der Waals surface area contributed by atoms with Crippen molar-refractivity contribution in [2.75, 3.05) is 25.5 Å². The molecule has 3 rings (SSSR count). The number of hydrogen-bond donors (Lipinski definition) is 3. The molecule has 1 heterocycles. The zero-order valence-electron chi connectivity index (χ0n) is 15.7. The van der Waals surface area contributed by atoms with E-state index >= 15 is 0 Å². The van der Waals surface area contributed by atoms with Crippen LogP contribution in [0.5, 0.6) is 5.75 Å². The van der Waals surface area contributed by atoms with Crippen molar-refractivity contribution >= 4 is 17.7 Å². The van der Waals surface area contributed by atoms with Crippen LogP contribution in [0.3, 0.4) is 0 Å². The molecular formula is C21H24N2O5. The second kappa shape index (κ2) is 8.31. The fraction of sp³-hybridized carbons (Fsp3) is 0.333. The number of aliphatic carboxylic acids is 1. The topological polar surface area (TPSA) is 99.1 Å². The molecule has 7 nitrogen and oxygen atoms in total. The molecule has 0 aliphatic carbocycles. The first-order valence-corrected chi connectivity index (χ1v) is 9.10. The van der Waals surface area contributed by atoms with Crippen LogP contribution in [0, 0.1) is 5.41 Å². The molecule has 0 radical (unpaired) electrons. The number of anilines is 1. The number of carboxylic acid groups (broad SMARTS) is 1. The predicted octanol–water partition coefficient (Wildman–Crippen LogP) is 2.61. The van der Waals surface area contributed by atoms with Crippen molar-refractivity contribution < 1.29 is 24.5 Å². The van der Waals surface area contributed by atoms with E-state index in [4.69, 9.17) is 4.74 Å². The van der Waals surface area contributed by atoms with Gasteiger partial charge >= 0.3 is 12.0 Å². The van der Waals surface area contributed by atoms with Gasteiger partial charge in [-0.25, -0.2) is 4.79 Å². The average Bonchev–Trinajstić information content (AvgIpc) is 2.70. The lowest BCUT2D eigenvalue weighted by atomic mass is 9.72. The van der Waals surface area contributed by atoms with E-state index in [2.05, 4.69) is 5.32 Å². The van der Waals surface area contributed by atoms with Gasteiger partial charge in [0.15, 0.2) is 0 Å². The van der Waals surface area contributed by atoms with Gasteiger partial charge in [0.2, 0.25) is 0 Å². The molecule has 1 aliphatic rings. The summed E-state index contributed by atoms with van der Waals surface area (Å²) in [6, 6.07) is 15.8. The number of carbonyl (C=O) groups excluding carboxylic acids is 1. The van der Waals surface area contributed by atoms with Crippen LogP contribution in [0.15, 0.2) is 54.6 Å². The van der Waals surface area contributed by atoms with Gasteiger partial charge in [-0.1, -0.05) is 36.4 Å². The van der Waals surface area contributed by atoms with Crippen molar-refractivity contribution in [3.8, 4) is 5.75 Å². The summed E-state index contributed by atoms with van der Waals surface area (Å²) in [6.45, 7) is 0.195. The first kappa shape index (κ1) is 19.7. The third kappa shape index (κ3) is 4.09. The van der Waals surface area contributed by atoms with Crippen molar-refractivity contribution in [1.82, 2.24) is 4.90 Å². The third-order valence-corrected chi connectivity index (χ3v) is 5.26. The number of likely N-dealkylation sites (tertiary alicyclic amines) is 1. The molecule has 2 aromatic carbocycles. The molecule has 0 unspecified atom stereocenters. The van der Waals surface area contributed by atoms with Gasteiger partial charge in [0.05, 0.1) is 13.2 Å². The third-order valence-electron chi connectivity index (χ3n) is 5.26. The molecule has 0 aromatic heterocycles. The summed E-state index contributed by atoms with van der Waals surface area (Å²) in [5.74, 6) is -0.430. The number of amides is 2. The number of rotatable bonds is 5. The zero-order valence-corrected chi connectivity index (χ0v) is 15.7. The van der Waals surface area contributed by atoms with Crippen molar-refractivity contribution in [3.05, 3.63) is 60.2 Å². The molecule has 1 fully saturated rings. The highest BCUT2D eigenvalue weighted by Gasteiger charge is 2.49. The van der Waals surface area contributed by atoms with E-state index in [-0.39, 0.29) is 32.0 Å². The summed E-state index contributed by atoms with van der Waals surface area (Å²) in [5.41, 5.74) is 0.102. The normalized spacial score (nSPS) is 21.8. The van der Waals surface area contributed by atoms with E-state index in [0.29, 0.717) is 11.4 Å². The molecule has 3 N–H and O–H groups in total. The predicted molar refractivity (Wildman–Crippen MR) is 104 cm³/mol. The van der Waals surface area contributed by atoms with Crippen LogP contribution in [-0.2, 0) is 11.2 Å². The fourth-order valence-corrected chi connectivity index (χ4v) is 3.56. The highest BCUT2D eigenvalue weighted by Crippen LogP contribution is 2.36. The Hall–Kier alpha value is -3.06. The molecular weight excluding hydrogens is 360 g/mol. The second-order valence-corrected chi connectivity index (χ2v) is 7.00. The first-order valence-electron chi connectivity index (χ1n) is 9.10. The summed E-state index contributed by atoms with van der Waals surface area (Å²) in [5, 5.41) is 23.3. The Kier molecular flexibility index (Phi) is 5.84. The molecule has 148 valence electrons. The maximum Gasteiger partial charge on any atom is 0.321 e. The summed E-state index contributed by atoms with van der Waals surface area (Å²) in [6.07, 6.45) is -0.783. The van der Waals surface area contributed by atoms with Gasteiger partial charge in [0, 0.05) is 24.8 Å². The van der Waals surface area contributed by atoms with E-state index in [1.54, 1.807) is 31.4 Å². The van der Waals surface area contributed by atoms with Crippen molar-refractivity contribution in [3.63, 3.8) is 0 Å². The number of benzene rings is 2. The van der Waals surface area contributed by atoms with Gasteiger partial charge in [-0.3, -0.25) is 4.79 Å². The van der Waals surface area contributed by atoms with Crippen LogP contribution in [0.2, 0.25) is 0 Å². The highest BCUT2D eigenvalue weighted by atomic mass is 16.5. The number of nitrogens with one attached hydrogen (secondary N) is 1. The Labute approximate surface area is 163 Å². The first-order chi connectivity index (χ1) is 13.4. The van der Waals surface area contributed by atoms with Gasteiger partial charge < -0.3 is 25.2 Å². The lowest BCUT2D eigenvalue weighted by Crippen LogP contribution is -2.57. The van der Waals surface area contributed by atoms with E-state index in [1.165, 1.54) is 4.90 Å². The Bertz CT molecular complexity index is 842. The number of carboxylic acids is 1. The van der Waals surface area contributed by atoms with Gasteiger partial charge in [0.25, 0.3) is 0 Å². The lowest BCUT2D eigenvalue weighted by molar-refractivity contribution is -0.161. The number of carbonyl (C=O) groups is 2. The Balaban J connectivity index is 1.70. The Morgan fingerprint density at radius 2 is 1.96 bits per heavy atom. The average molecular weight is 384 g/mol. The standard InChI is InChI=1S/C21H24N2O5/c1-28-17-9-5-8-16(12-17)22-20(27)23-11-10-21(19(25)26,18(24)14-23)13-15-6-3-2-4-7-15/h2-9,12,18,24H,10-11,13-14H2,1H3,(H,22,27)(H,25,26)/t18-,21-/m1/s1. The SMILES string of the molecule is COc1cccc(NC(=O)N2CC[C@](Cc3ccccc3)(C(=O)O)[C@H](O)C2)c1. The smallest absolute Gasteiger partial charge is 0.321 e. The molecule has 1 saturated heterocycles. The molecule has 0 saturated carbocycles. The van der Waals surface area contributed by atoms with E-state index < -0.39 is 17.5 Å². The Morgan fingerprint density at radius 3 is 2.61 bits per heavy atom. The van der Waals surface area contributed by atoms with Crippen LogP contribution in [-0.4, -0.2) is 53.4 Å². The van der Waals surface area contributed by atoms with E-state index in [1.807, 2.05) is 30.3 Å². The van der Waals surface area contributed by atoms with Crippen molar-refractivity contribution in [2.45, 2.75) is 18.9 Å². The number of nitrogens with zero attached hydrogens (tertiary/aromatic N) is 1. The maximum absolute atomic E-state index is 12.6. The molecule has 0 bridgehead atoms. The highest BCUT2D eigenvalue weighted by molar-refractivity contribution is 5.90. The van der Waals surface area contributed by atoms with Gasteiger partial charge in [-0.05, 0) is 30.5 Å². The number of urea groups is 1. The minimum absolute atomic E-state index is 0.0467. The van der Waals surface area contributed by atoms with Gasteiger partial charge in [0.1, 0.15) is 11.2 Å². The van der Waals surface area contributed by atoms with Crippen molar-refractivity contribution in [2.24, 2.45) is 5.41 Å². The number of hydrogen-bond acceptors (Lipinski definition) is 4. The summed E-state index contributed by atoms with van der Waals surface area (Å²) >= 11 is 0. The second-order valence-electron chi connectivity index (χ2n) is 7.00. The van der Waals surface area contributed by atoms with Crippen LogP contribution >= 0.6 is 0 Å². The van der Waals surface area contributed by atoms with Crippen LogP contribution in [0.25, 0.3) is 0 Å². The number of aliphatic hydroxyl groups excluding tert-OH is 1. The molecule has 1 aliphatic heterocycles. The summed E-state index contributed by atoms with van der Waals surface area (Å²) < 4.78 is 5.14. The van der Waals surface area contributed by atoms with Crippen molar-refractivity contribution in [1.29, 1.82) is 0 Å². The van der Waals surface area contributed by atoms with E-state index in [0.717, 1.165) is 5.56 Å². The van der Waals surface area contributed by atoms with E-state index in [9.17, 15) is 19.8 Å². The molecule has 2 atom stereocenters. The minimum Gasteiger partial charge on any atom is -0.497 e. The number of ether oxygens (including phenoxy) is 1. The quantitative estimate of drug-likeness (QED) is 0.736. The molecule has 28 heavy (non-hydrogen) atoms. The fourth-order valence-electron chi connectivity index (χ4n) is 3.56. The molecule has 2 aromatic rings. The minimum atomic E-state index is -1.31. The van der Waals surface area contributed by atoms with Crippen LogP contribution in [0.4, 0.5) is 10.5 Å². The zero-order chi connectivity index (χ0) is 20.1. The molecule has 0 spiro atoms. The molecule has 2 amide bonds. The monoisotopic (exact) mass is 384 g/mol. The maximum atomic E-state index is 12.6. The molecule has 7 heteroatoms. The summed E-state index contributed by atoms with van der Waals surface area (Å²) in [7, 11) is 1.54. The van der Waals surface area contributed by atoms with Gasteiger partial charge in [-0.15, -0.1) is 0 Å².